The third kappa shape index (κ3) is 4.75. The molecule has 0 saturated carbocycles. The Labute approximate surface area is 105 Å². The highest BCUT2D eigenvalue weighted by Gasteiger charge is 2.11. The molecular formula is C14H24N2O. The molecule has 0 aromatic heterocycles. The zero-order chi connectivity index (χ0) is 12.8. The van der Waals surface area contributed by atoms with Crippen molar-refractivity contribution < 1.29 is 4.74 Å². The van der Waals surface area contributed by atoms with Gasteiger partial charge < -0.3 is 10.5 Å². The van der Waals surface area contributed by atoms with Crippen molar-refractivity contribution in [2.75, 3.05) is 25.9 Å². The van der Waals surface area contributed by atoms with Gasteiger partial charge in [0, 0.05) is 18.3 Å². The van der Waals surface area contributed by atoms with Crippen LogP contribution in [0.3, 0.4) is 0 Å². The molecule has 3 heteroatoms. The number of nitrogens with zero attached hydrogens (tertiary/aromatic N) is 1. The summed E-state index contributed by atoms with van der Waals surface area (Å²) in [5, 5.41) is 0. The van der Waals surface area contributed by atoms with E-state index in [0.717, 1.165) is 18.8 Å². The van der Waals surface area contributed by atoms with Crippen LogP contribution >= 0.6 is 0 Å². The van der Waals surface area contributed by atoms with Crippen molar-refractivity contribution in [3.8, 4) is 0 Å². The van der Waals surface area contributed by atoms with Crippen molar-refractivity contribution >= 4 is 5.69 Å². The molecule has 0 fully saturated rings. The maximum Gasteiger partial charge on any atom is 0.0597 e. The predicted octanol–water partition coefficient (Wildman–Crippen LogP) is 2.69. The smallest absolute Gasteiger partial charge is 0.0597 e. The highest BCUT2D eigenvalue weighted by Crippen LogP contribution is 2.20. The number of rotatable bonds is 6. The number of nitrogen functional groups attached to an aromatic ring is 1. The number of hydrogen-bond acceptors (Lipinski definition) is 3. The van der Waals surface area contributed by atoms with Gasteiger partial charge in [-0.05, 0) is 45.5 Å². The van der Waals surface area contributed by atoms with Crippen LogP contribution < -0.4 is 5.73 Å². The van der Waals surface area contributed by atoms with Gasteiger partial charge in [-0.25, -0.2) is 0 Å². The summed E-state index contributed by atoms with van der Waals surface area (Å²) in [6.07, 6.45) is 0.297. The van der Waals surface area contributed by atoms with Crippen molar-refractivity contribution in [1.82, 2.24) is 4.90 Å². The van der Waals surface area contributed by atoms with Gasteiger partial charge in [0.25, 0.3) is 0 Å². The normalized spacial score (nSPS) is 13.3. The van der Waals surface area contributed by atoms with Crippen molar-refractivity contribution in [2.24, 2.45) is 0 Å². The number of hydrogen-bond donors (Lipinski definition) is 1. The Kier molecular flexibility index (Phi) is 5.45. The third-order valence-corrected chi connectivity index (χ3v) is 2.95. The first-order valence-electron chi connectivity index (χ1n) is 6.18. The number of ether oxygens (including phenoxy) is 1. The zero-order valence-corrected chi connectivity index (χ0v) is 11.3. The highest BCUT2D eigenvalue weighted by atomic mass is 16.5. The number of anilines is 1. The van der Waals surface area contributed by atoms with Crippen LogP contribution in [0.15, 0.2) is 24.3 Å². The maximum atomic E-state index is 5.79. The van der Waals surface area contributed by atoms with E-state index in [1.54, 1.807) is 0 Å². The Morgan fingerprint density at radius 3 is 2.59 bits per heavy atom. The molecule has 0 aliphatic rings. The highest BCUT2D eigenvalue weighted by molar-refractivity contribution is 5.41. The molecule has 1 aromatic rings. The first-order chi connectivity index (χ1) is 8.00. The largest absolute Gasteiger partial charge is 0.399 e. The Hall–Kier alpha value is -1.06. The van der Waals surface area contributed by atoms with Crippen LogP contribution in [0.2, 0.25) is 0 Å². The molecule has 0 spiro atoms. The fourth-order valence-electron chi connectivity index (χ4n) is 1.70. The Bertz CT molecular complexity index is 339. The van der Waals surface area contributed by atoms with Gasteiger partial charge in [-0.1, -0.05) is 12.1 Å². The van der Waals surface area contributed by atoms with Gasteiger partial charge in [-0.2, -0.15) is 0 Å². The Morgan fingerprint density at radius 2 is 2.00 bits per heavy atom. The standard InChI is InChI=1S/C14H24N2O/c1-11(2)17-9-8-16(4)12(3)13-6-5-7-14(15)10-13/h5-7,10-12H,8-9,15H2,1-4H3. The molecule has 0 heterocycles. The average Bonchev–Trinajstić information content (AvgIpc) is 2.27. The minimum Gasteiger partial charge on any atom is -0.399 e. The second-order valence-corrected chi connectivity index (χ2v) is 4.75. The zero-order valence-electron chi connectivity index (χ0n) is 11.3. The predicted molar refractivity (Wildman–Crippen MR) is 73.0 cm³/mol. The van der Waals surface area contributed by atoms with E-state index in [1.165, 1.54) is 5.56 Å². The van der Waals surface area contributed by atoms with E-state index >= 15 is 0 Å². The van der Waals surface area contributed by atoms with Crippen molar-refractivity contribution in [1.29, 1.82) is 0 Å². The van der Waals surface area contributed by atoms with Gasteiger partial charge >= 0.3 is 0 Å². The molecule has 0 amide bonds. The molecule has 2 N–H and O–H groups in total. The van der Waals surface area contributed by atoms with Crippen LogP contribution in [0.4, 0.5) is 5.69 Å². The van der Waals surface area contributed by atoms with E-state index in [1.807, 2.05) is 18.2 Å². The lowest BCUT2D eigenvalue weighted by Gasteiger charge is -2.25. The van der Waals surface area contributed by atoms with Crippen molar-refractivity contribution in [3.05, 3.63) is 29.8 Å². The van der Waals surface area contributed by atoms with Gasteiger partial charge in [0.05, 0.1) is 12.7 Å². The van der Waals surface area contributed by atoms with E-state index in [2.05, 4.69) is 38.8 Å². The molecule has 0 radical (unpaired) electrons. The average molecular weight is 236 g/mol. The summed E-state index contributed by atoms with van der Waals surface area (Å²) in [4.78, 5) is 2.27. The van der Waals surface area contributed by atoms with Crippen LogP contribution in [-0.4, -0.2) is 31.2 Å². The van der Waals surface area contributed by atoms with Crippen LogP contribution in [0.5, 0.6) is 0 Å². The van der Waals surface area contributed by atoms with Gasteiger partial charge in [-0.15, -0.1) is 0 Å². The minimum atomic E-state index is 0.297. The monoisotopic (exact) mass is 236 g/mol. The summed E-state index contributed by atoms with van der Waals surface area (Å²) < 4.78 is 5.56. The van der Waals surface area contributed by atoms with Gasteiger partial charge in [0.1, 0.15) is 0 Å². The topological polar surface area (TPSA) is 38.5 Å². The van der Waals surface area contributed by atoms with Crippen molar-refractivity contribution in [2.45, 2.75) is 32.9 Å². The molecule has 1 atom stereocenters. The SMILES string of the molecule is CC(C)OCCN(C)C(C)c1cccc(N)c1. The number of nitrogens with two attached hydrogens (primary N) is 1. The van der Waals surface area contributed by atoms with Crippen molar-refractivity contribution in [3.63, 3.8) is 0 Å². The molecule has 17 heavy (non-hydrogen) atoms. The van der Waals surface area contributed by atoms with Crippen LogP contribution in [0, 0.1) is 0 Å². The van der Waals surface area contributed by atoms with Gasteiger partial charge in [0.15, 0.2) is 0 Å². The lowest BCUT2D eigenvalue weighted by atomic mass is 10.1. The molecule has 0 aliphatic heterocycles. The van der Waals surface area contributed by atoms with E-state index in [9.17, 15) is 0 Å². The van der Waals surface area contributed by atoms with E-state index in [0.29, 0.717) is 12.1 Å². The summed E-state index contributed by atoms with van der Waals surface area (Å²) in [6.45, 7) is 7.99. The second-order valence-electron chi connectivity index (χ2n) is 4.75. The molecular weight excluding hydrogens is 212 g/mol. The first-order valence-corrected chi connectivity index (χ1v) is 6.18. The molecule has 0 saturated heterocycles. The summed E-state index contributed by atoms with van der Waals surface area (Å²) >= 11 is 0. The summed E-state index contributed by atoms with van der Waals surface area (Å²) in [6, 6.07) is 8.41. The maximum absolute atomic E-state index is 5.79. The van der Waals surface area contributed by atoms with E-state index < -0.39 is 0 Å². The molecule has 1 rings (SSSR count). The fourth-order valence-corrected chi connectivity index (χ4v) is 1.70. The second kappa shape index (κ2) is 6.62. The minimum absolute atomic E-state index is 0.297. The Balaban J connectivity index is 2.48. The van der Waals surface area contributed by atoms with E-state index in [4.69, 9.17) is 10.5 Å². The van der Waals surface area contributed by atoms with Crippen LogP contribution in [0.25, 0.3) is 0 Å². The molecule has 0 bridgehead atoms. The summed E-state index contributed by atoms with van der Waals surface area (Å²) in [7, 11) is 2.11. The lowest BCUT2D eigenvalue weighted by Crippen LogP contribution is -2.27. The molecule has 96 valence electrons. The van der Waals surface area contributed by atoms with Crippen LogP contribution in [0.1, 0.15) is 32.4 Å². The molecule has 3 nitrogen and oxygen atoms in total. The molecule has 1 unspecified atom stereocenters. The quantitative estimate of drug-likeness (QED) is 0.772. The van der Waals surface area contributed by atoms with E-state index in [-0.39, 0.29) is 0 Å². The number of likely N-dealkylation sites (N-methyl/N-ethyl adjacent to an activating group) is 1. The molecule has 0 aliphatic carbocycles. The Morgan fingerprint density at radius 1 is 1.29 bits per heavy atom. The first kappa shape index (κ1) is 14.0. The lowest BCUT2D eigenvalue weighted by molar-refractivity contribution is 0.0573. The third-order valence-electron chi connectivity index (χ3n) is 2.95. The molecule has 1 aromatic carbocycles. The van der Waals surface area contributed by atoms with Gasteiger partial charge in [0.2, 0.25) is 0 Å². The summed E-state index contributed by atoms with van der Waals surface area (Å²) in [5.41, 5.74) is 7.86. The summed E-state index contributed by atoms with van der Waals surface area (Å²) in [5.74, 6) is 0. The number of benzene rings is 1. The van der Waals surface area contributed by atoms with Gasteiger partial charge in [-0.3, -0.25) is 4.90 Å². The fraction of sp³-hybridized carbons (Fsp3) is 0.571. The van der Waals surface area contributed by atoms with Crippen LogP contribution in [-0.2, 0) is 4.74 Å².